The molecule has 2 N–H and O–H groups in total. The molecule has 1 fully saturated rings. The molecule has 1 amide bonds. The fourth-order valence-electron chi connectivity index (χ4n) is 1.66. The predicted octanol–water partition coefficient (Wildman–Crippen LogP) is 1.11. The zero-order valence-electron chi connectivity index (χ0n) is 8.91. The van der Waals surface area contributed by atoms with Crippen LogP contribution in [0.3, 0.4) is 0 Å². The van der Waals surface area contributed by atoms with Crippen LogP contribution in [0.5, 0.6) is 0 Å². The highest BCUT2D eigenvalue weighted by molar-refractivity contribution is 7.98. The van der Waals surface area contributed by atoms with E-state index in [1.165, 1.54) is 0 Å². The molecule has 5 heteroatoms. The van der Waals surface area contributed by atoms with E-state index in [1.54, 1.807) is 11.8 Å². The molecule has 86 valence electrons. The number of nitrogens with one attached hydrogen (secondary N) is 1. The highest BCUT2D eigenvalue weighted by Crippen LogP contribution is 2.41. The van der Waals surface area contributed by atoms with Crippen LogP contribution >= 0.6 is 11.8 Å². The lowest BCUT2D eigenvalue weighted by Gasteiger charge is -2.35. The number of hydrogen-bond acceptors (Lipinski definition) is 3. The average Bonchev–Trinajstić information content (AvgIpc) is 2.10. The monoisotopic (exact) mass is 231 g/mol. The van der Waals surface area contributed by atoms with Gasteiger partial charge < -0.3 is 10.4 Å². The van der Waals surface area contributed by atoms with Gasteiger partial charge in [0.2, 0.25) is 5.91 Å². The van der Waals surface area contributed by atoms with E-state index >= 15 is 0 Å². The van der Waals surface area contributed by atoms with Gasteiger partial charge in [-0.2, -0.15) is 11.8 Å². The van der Waals surface area contributed by atoms with Gasteiger partial charge in [0.15, 0.2) is 0 Å². The van der Waals surface area contributed by atoms with E-state index < -0.39 is 11.4 Å². The molecule has 4 nitrogen and oxygen atoms in total. The third-order valence-electron chi connectivity index (χ3n) is 2.86. The number of amides is 1. The van der Waals surface area contributed by atoms with E-state index in [1.807, 2.05) is 6.26 Å². The summed E-state index contributed by atoms with van der Waals surface area (Å²) in [5, 5.41) is 11.7. The molecule has 1 aliphatic carbocycles. The number of aliphatic carboxylic acids is 1. The van der Waals surface area contributed by atoms with Gasteiger partial charge in [0.05, 0.1) is 0 Å². The molecule has 0 atom stereocenters. The molecule has 0 radical (unpaired) electrons. The maximum Gasteiger partial charge on any atom is 0.319 e. The smallest absolute Gasteiger partial charge is 0.319 e. The van der Waals surface area contributed by atoms with Crippen LogP contribution in [0.15, 0.2) is 0 Å². The number of carbonyl (C=O) groups excluding carboxylic acids is 1. The Bertz CT molecular complexity index is 251. The van der Waals surface area contributed by atoms with Crippen molar-refractivity contribution in [3.8, 4) is 0 Å². The second kappa shape index (κ2) is 5.39. The van der Waals surface area contributed by atoms with E-state index in [2.05, 4.69) is 5.32 Å². The molecule has 0 aromatic carbocycles. The van der Waals surface area contributed by atoms with Gasteiger partial charge in [0.1, 0.15) is 5.41 Å². The summed E-state index contributed by atoms with van der Waals surface area (Å²) >= 11 is 1.72. The van der Waals surface area contributed by atoms with Gasteiger partial charge in [-0.05, 0) is 31.3 Å². The van der Waals surface area contributed by atoms with Crippen molar-refractivity contribution in [3.05, 3.63) is 0 Å². The summed E-state index contributed by atoms with van der Waals surface area (Å²) in [6.45, 7) is 0.578. The summed E-state index contributed by atoms with van der Waals surface area (Å²) < 4.78 is 0. The number of carboxylic acid groups (broad SMARTS) is 1. The average molecular weight is 231 g/mol. The summed E-state index contributed by atoms with van der Waals surface area (Å²) in [5.41, 5.74) is -1.11. The van der Waals surface area contributed by atoms with Gasteiger partial charge in [-0.25, -0.2) is 0 Å². The highest BCUT2D eigenvalue weighted by Gasteiger charge is 2.50. The van der Waals surface area contributed by atoms with Crippen molar-refractivity contribution in [2.75, 3.05) is 18.6 Å². The number of hydrogen-bond donors (Lipinski definition) is 2. The predicted molar refractivity (Wildman–Crippen MR) is 59.9 cm³/mol. The Labute approximate surface area is 93.8 Å². The molecular formula is C10H17NO3S. The van der Waals surface area contributed by atoms with Gasteiger partial charge in [-0.1, -0.05) is 6.42 Å². The first-order valence-corrected chi connectivity index (χ1v) is 6.53. The molecule has 15 heavy (non-hydrogen) atoms. The lowest BCUT2D eigenvalue weighted by atomic mass is 9.68. The summed E-state index contributed by atoms with van der Waals surface area (Å²) in [4.78, 5) is 22.6. The zero-order valence-corrected chi connectivity index (χ0v) is 9.73. The first kappa shape index (κ1) is 12.4. The minimum atomic E-state index is -1.11. The van der Waals surface area contributed by atoms with Gasteiger partial charge in [0.25, 0.3) is 0 Å². The normalized spacial score (nSPS) is 17.9. The number of carbonyl (C=O) groups is 2. The Kier molecular flexibility index (Phi) is 4.45. The van der Waals surface area contributed by atoms with Gasteiger partial charge in [-0.3, -0.25) is 9.59 Å². The third-order valence-corrected chi connectivity index (χ3v) is 3.56. The topological polar surface area (TPSA) is 66.4 Å². The molecule has 1 rings (SSSR count). The maximum atomic E-state index is 11.7. The largest absolute Gasteiger partial charge is 0.480 e. The number of thioether (sulfide) groups is 1. The van der Waals surface area contributed by atoms with Crippen molar-refractivity contribution in [1.29, 1.82) is 0 Å². The molecule has 0 aliphatic heterocycles. The van der Waals surface area contributed by atoms with Crippen LogP contribution in [-0.2, 0) is 9.59 Å². The molecule has 0 bridgehead atoms. The number of carboxylic acids is 1. The van der Waals surface area contributed by atoms with Crippen molar-refractivity contribution in [3.63, 3.8) is 0 Å². The van der Waals surface area contributed by atoms with Crippen LogP contribution in [0.25, 0.3) is 0 Å². The Balaban J connectivity index is 2.35. The number of rotatable bonds is 6. The lowest BCUT2D eigenvalue weighted by molar-refractivity contribution is -0.162. The summed E-state index contributed by atoms with van der Waals surface area (Å²) in [6.07, 6.45) is 4.70. The van der Waals surface area contributed by atoms with Gasteiger partial charge >= 0.3 is 5.97 Å². The summed E-state index contributed by atoms with van der Waals surface area (Å²) in [6, 6.07) is 0. The van der Waals surface area contributed by atoms with E-state index in [0.29, 0.717) is 19.4 Å². The van der Waals surface area contributed by atoms with E-state index in [9.17, 15) is 9.59 Å². The second-order valence-corrected chi connectivity index (χ2v) is 4.83. The van der Waals surface area contributed by atoms with E-state index in [4.69, 9.17) is 5.11 Å². The molecule has 1 saturated carbocycles. The summed E-state index contributed by atoms with van der Waals surface area (Å²) in [5.74, 6) is -0.293. The van der Waals surface area contributed by atoms with Crippen molar-refractivity contribution in [2.45, 2.75) is 25.7 Å². The fraction of sp³-hybridized carbons (Fsp3) is 0.800. The van der Waals surface area contributed by atoms with Gasteiger partial charge in [-0.15, -0.1) is 0 Å². The van der Waals surface area contributed by atoms with E-state index in [-0.39, 0.29) is 5.91 Å². The highest BCUT2D eigenvalue weighted by atomic mass is 32.2. The molecule has 0 spiro atoms. The Morgan fingerprint density at radius 2 is 2.13 bits per heavy atom. The minimum Gasteiger partial charge on any atom is -0.480 e. The minimum absolute atomic E-state index is 0.303. The first-order chi connectivity index (χ1) is 7.13. The SMILES string of the molecule is CSCCCNC(=O)C1(C(=O)O)CCC1. The quantitative estimate of drug-likeness (QED) is 0.531. The van der Waals surface area contributed by atoms with Crippen molar-refractivity contribution in [2.24, 2.45) is 5.41 Å². The molecule has 0 unspecified atom stereocenters. The van der Waals surface area contributed by atoms with Crippen LogP contribution < -0.4 is 5.32 Å². The second-order valence-electron chi connectivity index (χ2n) is 3.84. The van der Waals surface area contributed by atoms with Crippen LogP contribution in [-0.4, -0.2) is 35.5 Å². The maximum absolute atomic E-state index is 11.7. The van der Waals surface area contributed by atoms with Crippen LogP contribution in [0.2, 0.25) is 0 Å². The molecular weight excluding hydrogens is 214 g/mol. The zero-order chi connectivity index (χ0) is 11.3. The van der Waals surface area contributed by atoms with Crippen molar-refractivity contribution in [1.82, 2.24) is 5.32 Å². The van der Waals surface area contributed by atoms with Crippen LogP contribution in [0.4, 0.5) is 0 Å². The molecule has 0 aromatic heterocycles. The molecule has 0 saturated heterocycles. The Morgan fingerprint density at radius 3 is 2.53 bits per heavy atom. The van der Waals surface area contributed by atoms with E-state index in [0.717, 1.165) is 18.6 Å². The summed E-state index contributed by atoms with van der Waals surface area (Å²) in [7, 11) is 0. The van der Waals surface area contributed by atoms with Crippen molar-refractivity contribution < 1.29 is 14.7 Å². The standard InChI is InChI=1S/C10H17NO3S/c1-15-7-3-6-11-8(12)10(9(13)14)4-2-5-10/h2-7H2,1H3,(H,11,12)(H,13,14). The van der Waals surface area contributed by atoms with Crippen LogP contribution in [0, 0.1) is 5.41 Å². The van der Waals surface area contributed by atoms with Crippen molar-refractivity contribution >= 4 is 23.6 Å². The Morgan fingerprint density at radius 1 is 1.47 bits per heavy atom. The molecule has 1 aliphatic rings. The molecule has 0 heterocycles. The fourth-order valence-corrected chi connectivity index (χ4v) is 2.09. The Hall–Kier alpha value is -0.710. The molecule has 0 aromatic rings. The first-order valence-electron chi connectivity index (χ1n) is 5.14. The third kappa shape index (κ3) is 2.65. The van der Waals surface area contributed by atoms with Crippen LogP contribution in [0.1, 0.15) is 25.7 Å². The van der Waals surface area contributed by atoms with Gasteiger partial charge in [0, 0.05) is 6.54 Å². The lowest BCUT2D eigenvalue weighted by Crippen LogP contribution is -2.51.